The highest BCUT2D eigenvalue weighted by atomic mass is 35.5. The van der Waals surface area contributed by atoms with Gasteiger partial charge in [0.2, 0.25) is 6.79 Å². The van der Waals surface area contributed by atoms with Crippen molar-refractivity contribution in [3.8, 4) is 11.5 Å². The molecular formula is C17H21ClF2N4O3. The second kappa shape index (κ2) is 9.01. The van der Waals surface area contributed by atoms with Gasteiger partial charge in [0.1, 0.15) is 5.69 Å². The first-order valence-corrected chi connectivity index (χ1v) is 8.10. The number of carbonyl (C=O) groups is 1. The summed E-state index contributed by atoms with van der Waals surface area (Å²) in [6, 6.07) is 6.70. The number of alkyl halides is 2. The molecule has 27 heavy (non-hydrogen) atoms. The van der Waals surface area contributed by atoms with Gasteiger partial charge < -0.3 is 19.3 Å². The first kappa shape index (κ1) is 20.9. The van der Waals surface area contributed by atoms with Crippen LogP contribution in [0.5, 0.6) is 11.5 Å². The van der Waals surface area contributed by atoms with Crippen LogP contribution in [0.25, 0.3) is 0 Å². The SMILES string of the molecule is CN(C)CCN(Cc1ccc2c(c1)OCO2)C(=O)c1ccnn1C(F)F.Cl. The Morgan fingerprint density at radius 1 is 1.22 bits per heavy atom. The van der Waals surface area contributed by atoms with E-state index >= 15 is 0 Å². The Morgan fingerprint density at radius 3 is 2.67 bits per heavy atom. The quantitative estimate of drug-likeness (QED) is 0.712. The number of hydrogen-bond donors (Lipinski definition) is 0. The zero-order chi connectivity index (χ0) is 18.7. The van der Waals surface area contributed by atoms with E-state index in [1.807, 2.05) is 25.1 Å². The van der Waals surface area contributed by atoms with Crippen molar-refractivity contribution in [2.75, 3.05) is 34.0 Å². The molecule has 1 aliphatic heterocycles. The number of likely N-dealkylation sites (N-methyl/N-ethyl adjacent to an activating group) is 1. The monoisotopic (exact) mass is 402 g/mol. The van der Waals surface area contributed by atoms with Crippen molar-refractivity contribution in [3.05, 3.63) is 41.7 Å². The minimum Gasteiger partial charge on any atom is -0.454 e. The van der Waals surface area contributed by atoms with Crippen molar-refractivity contribution in [1.82, 2.24) is 19.6 Å². The molecule has 0 fully saturated rings. The number of benzene rings is 1. The molecule has 10 heteroatoms. The van der Waals surface area contributed by atoms with Crippen LogP contribution in [0, 0.1) is 0 Å². The molecule has 0 aliphatic carbocycles. The van der Waals surface area contributed by atoms with Crippen LogP contribution >= 0.6 is 12.4 Å². The first-order chi connectivity index (χ1) is 12.5. The molecule has 1 amide bonds. The largest absolute Gasteiger partial charge is 0.454 e. The van der Waals surface area contributed by atoms with Crippen molar-refractivity contribution in [3.63, 3.8) is 0 Å². The minimum atomic E-state index is -2.87. The number of fused-ring (bicyclic) bond motifs is 1. The van der Waals surface area contributed by atoms with Gasteiger partial charge in [-0.2, -0.15) is 18.6 Å². The van der Waals surface area contributed by atoms with E-state index in [4.69, 9.17) is 9.47 Å². The lowest BCUT2D eigenvalue weighted by Gasteiger charge is -2.25. The number of hydrogen-bond acceptors (Lipinski definition) is 5. The molecule has 0 atom stereocenters. The number of nitrogens with zero attached hydrogens (tertiary/aromatic N) is 4. The highest BCUT2D eigenvalue weighted by Gasteiger charge is 2.24. The van der Waals surface area contributed by atoms with Gasteiger partial charge in [-0.25, -0.2) is 0 Å². The lowest BCUT2D eigenvalue weighted by molar-refractivity contribution is 0.0457. The molecule has 7 nitrogen and oxygen atoms in total. The summed E-state index contributed by atoms with van der Waals surface area (Å²) in [7, 11) is 3.76. The average Bonchev–Trinajstić information content (AvgIpc) is 3.26. The second-order valence-corrected chi connectivity index (χ2v) is 6.16. The number of amides is 1. The van der Waals surface area contributed by atoms with Crippen molar-refractivity contribution in [2.24, 2.45) is 0 Å². The Bertz CT molecular complexity index is 785. The van der Waals surface area contributed by atoms with Crippen molar-refractivity contribution >= 4 is 18.3 Å². The van der Waals surface area contributed by atoms with E-state index in [1.165, 1.54) is 17.2 Å². The number of halogens is 3. The Morgan fingerprint density at radius 2 is 1.96 bits per heavy atom. The molecule has 0 saturated heterocycles. The van der Waals surface area contributed by atoms with Gasteiger partial charge in [0.05, 0.1) is 0 Å². The molecular weight excluding hydrogens is 382 g/mol. The molecule has 0 unspecified atom stereocenters. The van der Waals surface area contributed by atoms with Gasteiger partial charge in [0.25, 0.3) is 5.91 Å². The van der Waals surface area contributed by atoms with Crippen molar-refractivity contribution < 1.29 is 23.0 Å². The normalized spacial score (nSPS) is 12.4. The fraction of sp³-hybridized carbons (Fsp3) is 0.412. The van der Waals surface area contributed by atoms with Crippen LogP contribution in [0.3, 0.4) is 0 Å². The van der Waals surface area contributed by atoms with Gasteiger partial charge in [-0.15, -0.1) is 12.4 Å². The topological polar surface area (TPSA) is 59.8 Å². The van der Waals surface area contributed by atoms with Crippen LogP contribution in [0.4, 0.5) is 8.78 Å². The third-order valence-corrected chi connectivity index (χ3v) is 3.99. The number of ether oxygens (including phenoxy) is 2. The predicted octanol–water partition coefficient (Wildman–Crippen LogP) is 2.63. The van der Waals surface area contributed by atoms with E-state index < -0.39 is 12.5 Å². The molecule has 0 spiro atoms. The molecule has 3 rings (SSSR count). The average molecular weight is 403 g/mol. The molecule has 0 radical (unpaired) electrons. The Kier molecular flexibility index (Phi) is 6.98. The van der Waals surface area contributed by atoms with E-state index in [0.29, 0.717) is 29.3 Å². The summed E-state index contributed by atoms with van der Waals surface area (Å²) in [5.74, 6) is 0.762. The maximum Gasteiger partial charge on any atom is 0.333 e. The maximum absolute atomic E-state index is 13.1. The summed E-state index contributed by atoms with van der Waals surface area (Å²) in [5.41, 5.74) is 0.684. The fourth-order valence-corrected chi connectivity index (χ4v) is 2.63. The Hall–Kier alpha value is -2.39. The summed E-state index contributed by atoms with van der Waals surface area (Å²) < 4.78 is 37.2. The molecule has 1 aromatic heterocycles. The molecule has 148 valence electrons. The molecule has 0 bridgehead atoms. The summed E-state index contributed by atoms with van der Waals surface area (Å²) in [4.78, 5) is 16.3. The minimum absolute atomic E-state index is 0. The number of aromatic nitrogens is 2. The maximum atomic E-state index is 13.1. The molecule has 1 aliphatic rings. The summed E-state index contributed by atoms with van der Waals surface area (Å²) in [5, 5.41) is 3.54. The van der Waals surface area contributed by atoms with E-state index in [1.54, 1.807) is 12.1 Å². The standard InChI is InChI=1S/C17H20F2N4O3.ClH/c1-21(2)7-8-22(16(24)13-5-6-20-23(13)17(18)19)10-12-3-4-14-15(9-12)26-11-25-14;/h3-6,9,17H,7-8,10-11H2,1-2H3;1H. The Balaban J connectivity index is 0.00000261. The molecule has 2 heterocycles. The third-order valence-electron chi connectivity index (χ3n) is 3.99. The van der Waals surface area contributed by atoms with Crippen LogP contribution in [0.2, 0.25) is 0 Å². The van der Waals surface area contributed by atoms with E-state index in [0.717, 1.165) is 5.56 Å². The molecule has 1 aromatic carbocycles. The van der Waals surface area contributed by atoms with E-state index in [9.17, 15) is 13.6 Å². The van der Waals surface area contributed by atoms with Crippen LogP contribution in [-0.2, 0) is 6.54 Å². The summed E-state index contributed by atoms with van der Waals surface area (Å²) in [6.45, 7) is -1.47. The zero-order valence-electron chi connectivity index (χ0n) is 15.0. The van der Waals surface area contributed by atoms with E-state index in [-0.39, 0.29) is 31.4 Å². The molecule has 2 aromatic rings. The smallest absolute Gasteiger partial charge is 0.333 e. The van der Waals surface area contributed by atoms with Crippen LogP contribution in [-0.4, -0.2) is 59.5 Å². The van der Waals surface area contributed by atoms with Gasteiger partial charge in [0.15, 0.2) is 11.5 Å². The third kappa shape index (κ3) is 4.86. The zero-order valence-corrected chi connectivity index (χ0v) is 15.8. The highest BCUT2D eigenvalue weighted by molar-refractivity contribution is 5.92. The van der Waals surface area contributed by atoms with Crippen LogP contribution in [0.15, 0.2) is 30.5 Å². The summed E-state index contributed by atoms with van der Waals surface area (Å²) >= 11 is 0. The Labute approximate surface area is 161 Å². The highest BCUT2D eigenvalue weighted by Crippen LogP contribution is 2.33. The van der Waals surface area contributed by atoms with Gasteiger partial charge in [0, 0.05) is 25.8 Å². The molecule has 0 saturated carbocycles. The van der Waals surface area contributed by atoms with E-state index in [2.05, 4.69) is 5.10 Å². The van der Waals surface area contributed by atoms with Gasteiger partial charge in [-0.3, -0.25) is 4.79 Å². The fourth-order valence-electron chi connectivity index (χ4n) is 2.63. The first-order valence-electron chi connectivity index (χ1n) is 8.10. The van der Waals surface area contributed by atoms with Crippen LogP contribution in [0.1, 0.15) is 22.6 Å². The lowest BCUT2D eigenvalue weighted by Crippen LogP contribution is -2.37. The summed E-state index contributed by atoms with van der Waals surface area (Å²) in [6.07, 6.45) is 1.20. The second-order valence-electron chi connectivity index (χ2n) is 6.16. The van der Waals surface area contributed by atoms with Gasteiger partial charge in [-0.05, 0) is 37.9 Å². The molecule has 0 N–H and O–H groups in total. The van der Waals surface area contributed by atoms with Crippen molar-refractivity contribution in [1.29, 1.82) is 0 Å². The number of carbonyl (C=O) groups excluding carboxylic acids is 1. The number of rotatable bonds is 7. The van der Waals surface area contributed by atoms with Crippen LogP contribution < -0.4 is 9.47 Å². The predicted molar refractivity (Wildman–Crippen MR) is 96.6 cm³/mol. The van der Waals surface area contributed by atoms with Crippen molar-refractivity contribution in [2.45, 2.75) is 13.1 Å². The van der Waals surface area contributed by atoms with Gasteiger partial charge in [-0.1, -0.05) is 6.07 Å². The lowest BCUT2D eigenvalue weighted by atomic mass is 10.1. The van der Waals surface area contributed by atoms with Gasteiger partial charge >= 0.3 is 6.55 Å².